The van der Waals surface area contributed by atoms with Crippen molar-refractivity contribution in [1.82, 2.24) is 4.37 Å². The largest absolute Gasteiger partial charge is 0.325 e. The van der Waals surface area contributed by atoms with Gasteiger partial charge in [-0.15, -0.1) is 4.37 Å². The molecule has 19 heavy (non-hydrogen) atoms. The predicted octanol–water partition coefficient (Wildman–Crippen LogP) is 4.77. The summed E-state index contributed by atoms with van der Waals surface area (Å²) in [5.41, 5.74) is 0.968. The van der Waals surface area contributed by atoms with Gasteiger partial charge in [0.15, 0.2) is 0 Å². The fourth-order valence-electron chi connectivity index (χ4n) is 2.04. The fraction of sp³-hybridized carbons (Fsp3) is 0.0833. The average Bonchev–Trinajstić information content (AvgIpc) is 2.85. The summed E-state index contributed by atoms with van der Waals surface area (Å²) < 4.78 is 4.43. The van der Waals surface area contributed by atoms with Gasteiger partial charge in [-0.25, -0.2) is 4.99 Å². The third kappa shape index (κ3) is 1.82. The molecule has 0 bridgehead atoms. The summed E-state index contributed by atoms with van der Waals surface area (Å²) in [4.78, 5) is 10.2. The van der Waals surface area contributed by atoms with Crippen molar-refractivity contribution in [1.29, 1.82) is 0 Å². The van der Waals surface area contributed by atoms with Gasteiger partial charge in [0, 0.05) is 23.0 Å². The maximum absolute atomic E-state index is 6.05. The lowest BCUT2D eigenvalue weighted by Crippen LogP contribution is -2.30. The number of hydrogen-bond donors (Lipinski definition) is 0. The minimum Gasteiger partial charge on any atom is -0.307 e. The number of aliphatic imine (C=N–C) groups is 1. The van der Waals surface area contributed by atoms with Crippen LogP contribution in [0.1, 0.15) is 4.88 Å². The van der Waals surface area contributed by atoms with Crippen LogP contribution >= 0.6 is 44.2 Å². The van der Waals surface area contributed by atoms with Crippen LogP contribution in [0.25, 0.3) is 6.08 Å². The highest BCUT2D eigenvalue weighted by Crippen LogP contribution is 2.46. The summed E-state index contributed by atoms with van der Waals surface area (Å²) >= 11 is 7.76. The van der Waals surface area contributed by atoms with Crippen molar-refractivity contribution in [2.45, 2.75) is 4.90 Å². The van der Waals surface area contributed by atoms with Crippen LogP contribution in [-0.4, -0.2) is 17.3 Å². The SMILES string of the molecule is CN1C2=Nc3ccc(Cl)cc3SC2=Cc2[s+]snc21. The minimum atomic E-state index is 0.746. The van der Waals surface area contributed by atoms with Crippen molar-refractivity contribution < 1.29 is 0 Å². The molecular formula is C12H7ClN3S3+. The summed E-state index contributed by atoms with van der Waals surface area (Å²) in [6.45, 7) is 0. The molecule has 0 spiro atoms. The monoisotopic (exact) mass is 324 g/mol. The van der Waals surface area contributed by atoms with E-state index < -0.39 is 0 Å². The number of halogens is 1. The second-order valence-electron chi connectivity index (χ2n) is 4.15. The number of anilines is 1. The van der Waals surface area contributed by atoms with E-state index in [1.807, 2.05) is 25.2 Å². The van der Waals surface area contributed by atoms with Gasteiger partial charge in [0.1, 0.15) is 5.84 Å². The summed E-state index contributed by atoms with van der Waals surface area (Å²) in [5.74, 6) is 1.96. The summed E-state index contributed by atoms with van der Waals surface area (Å²) in [5, 5.41) is 0.746. The Kier molecular flexibility index (Phi) is 2.66. The fourth-order valence-corrected chi connectivity index (χ4v) is 5.27. The Bertz CT molecular complexity index is 750. The third-order valence-corrected chi connectivity index (χ3v) is 6.05. The number of likely N-dealkylation sites (N-methyl/N-ethyl adjacent to an activating group) is 1. The van der Waals surface area contributed by atoms with Crippen molar-refractivity contribution in [3.8, 4) is 0 Å². The lowest BCUT2D eigenvalue weighted by Gasteiger charge is -2.26. The van der Waals surface area contributed by atoms with Gasteiger partial charge in [0.25, 0.3) is 15.4 Å². The number of rotatable bonds is 0. The molecule has 4 rings (SSSR count). The molecule has 7 heteroatoms. The number of nitrogens with zero attached hydrogens (tertiary/aromatic N) is 3. The van der Waals surface area contributed by atoms with E-state index in [1.165, 1.54) is 15.4 Å². The van der Waals surface area contributed by atoms with E-state index in [2.05, 4.69) is 15.3 Å². The molecule has 0 fully saturated rings. The zero-order valence-electron chi connectivity index (χ0n) is 9.75. The van der Waals surface area contributed by atoms with E-state index in [0.717, 1.165) is 32.2 Å². The second kappa shape index (κ2) is 4.28. The first-order valence-corrected chi connectivity index (χ1v) is 8.83. The number of aromatic nitrogens is 1. The smallest absolute Gasteiger partial charge is 0.307 e. The molecule has 3 heterocycles. The van der Waals surface area contributed by atoms with Gasteiger partial charge in [-0.2, -0.15) is 0 Å². The topological polar surface area (TPSA) is 28.5 Å². The molecule has 0 aliphatic carbocycles. The molecule has 2 aliphatic heterocycles. The second-order valence-corrected chi connectivity index (χ2v) is 7.56. The Balaban J connectivity index is 1.91. The molecule has 0 N–H and O–H groups in total. The molecule has 94 valence electrons. The molecule has 1 aromatic carbocycles. The van der Waals surface area contributed by atoms with Crippen LogP contribution in [0.5, 0.6) is 0 Å². The Morgan fingerprint density at radius 3 is 3.16 bits per heavy atom. The zero-order valence-corrected chi connectivity index (χ0v) is 13.0. The van der Waals surface area contributed by atoms with Crippen molar-refractivity contribution in [3.63, 3.8) is 0 Å². The average molecular weight is 325 g/mol. The Labute approximate surface area is 126 Å². The number of benzene rings is 1. The van der Waals surface area contributed by atoms with E-state index in [4.69, 9.17) is 16.6 Å². The molecule has 0 amide bonds. The molecule has 2 aromatic rings. The standard InChI is InChI=1S/C12H7ClN3S3/c1-16-11-9(5-10-12(16)15-19-18-10)17-8-4-6(13)2-3-7(8)14-11/h2-5H,1H3/q+1. The van der Waals surface area contributed by atoms with E-state index in [0.29, 0.717) is 0 Å². The zero-order chi connectivity index (χ0) is 13.0. The van der Waals surface area contributed by atoms with Crippen LogP contribution in [-0.2, 0) is 0 Å². The van der Waals surface area contributed by atoms with E-state index >= 15 is 0 Å². The molecule has 0 unspecified atom stereocenters. The van der Waals surface area contributed by atoms with Gasteiger partial charge in [0.05, 0.1) is 10.6 Å². The van der Waals surface area contributed by atoms with Crippen molar-refractivity contribution in [2.75, 3.05) is 11.9 Å². The number of hydrogen-bond acceptors (Lipinski definition) is 5. The highest BCUT2D eigenvalue weighted by atomic mass is 35.5. The van der Waals surface area contributed by atoms with Crippen LogP contribution in [0.4, 0.5) is 11.5 Å². The first-order chi connectivity index (χ1) is 9.22. The quantitative estimate of drug-likeness (QED) is 0.516. The maximum atomic E-state index is 6.05. The van der Waals surface area contributed by atoms with Crippen molar-refractivity contribution in [3.05, 3.63) is 33.0 Å². The van der Waals surface area contributed by atoms with Crippen LogP contribution < -0.4 is 4.90 Å². The third-order valence-electron chi connectivity index (χ3n) is 2.96. The predicted molar refractivity (Wildman–Crippen MR) is 85.2 cm³/mol. The summed E-state index contributed by atoms with van der Waals surface area (Å²) in [6.07, 6.45) is 2.16. The molecule has 0 radical (unpaired) electrons. The molecule has 2 aliphatic rings. The number of fused-ring (bicyclic) bond motifs is 3. The molecule has 1 aromatic heterocycles. The van der Waals surface area contributed by atoms with Crippen molar-refractivity contribution in [2.24, 2.45) is 4.99 Å². The highest BCUT2D eigenvalue weighted by Gasteiger charge is 2.33. The maximum Gasteiger partial charge on any atom is 0.325 e. The summed E-state index contributed by atoms with van der Waals surface area (Å²) in [6, 6.07) is 5.80. The first-order valence-electron chi connectivity index (χ1n) is 5.53. The van der Waals surface area contributed by atoms with Gasteiger partial charge in [-0.1, -0.05) is 23.4 Å². The van der Waals surface area contributed by atoms with Crippen LogP contribution in [0.15, 0.2) is 33.0 Å². The Morgan fingerprint density at radius 2 is 2.26 bits per heavy atom. The highest BCUT2D eigenvalue weighted by molar-refractivity contribution is 8.04. The van der Waals surface area contributed by atoms with Gasteiger partial charge >= 0.3 is 10.3 Å². The van der Waals surface area contributed by atoms with Crippen molar-refractivity contribution >= 4 is 67.7 Å². The van der Waals surface area contributed by atoms with Gasteiger partial charge in [-0.05, 0) is 18.2 Å². The molecular weight excluding hydrogens is 318 g/mol. The van der Waals surface area contributed by atoms with Gasteiger partial charge in [-0.3, -0.25) is 0 Å². The summed E-state index contributed by atoms with van der Waals surface area (Å²) in [7, 11) is 5.21. The van der Waals surface area contributed by atoms with E-state index in [9.17, 15) is 0 Å². The lowest BCUT2D eigenvalue weighted by molar-refractivity contribution is 1.19. The normalized spacial score (nSPS) is 16.2. The van der Waals surface area contributed by atoms with Gasteiger partial charge in [0.2, 0.25) is 5.82 Å². The van der Waals surface area contributed by atoms with Crippen LogP contribution in [0.2, 0.25) is 5.02 Å². The van der Waals surface area contributed by atoms with Gasteiger partial charge < -0.3 is 4.90 Å². The number of amidine groups is 1. The molecule has 0 saturated carbocycles. The van der Waals surface area contributed by atoms with Crippen LogP contribution in [0, 0.1) is 0 Å². The first kappa shape index (κ1) is 11.8. The van der Waals surface area contributed by atoms with E-state index in [1.54, 1.807) is 22.1 Å². The molecule has 0 saturated heterocycles. The lowest BCUT2D eigenvalue weighted by atomic mass is 10.2. The van der Waals surface area contributed by atoms with E-state index in [-0.39, 0.29) is 0 Å². The Hall–Kier alpha value is -0.950. The van der Waals surface area contributed by atoms with Crippen LogP contribution in [0.3, 0.4) is 0 Å². The Morgan fingerprint density at radius 1 is 1.37 bits per heavy atom. The number of thioether (sulfide) groups is 1. The molecule has 0 atom stereocenters. The minimum absolute atomic E-state index is 0.746. The molecule has 3 nitrogen and oxygen atoms in total.